The molecule has 0 fully saturated rings. The molecule has 6 rings (SSSR count). The molecule has 4 aromatic carbocycles. The van der Waals surface area contributed by atoms with Crippen molar-refractivity contribution in [3.05, 3.63) is 128 Å². The van der Waals surface area contributed by atoms with Crippen molar-refractivity contribution in [2.45, 2.75) is 74.7 Å². The molecule has 227 valence electrons. The van der Waals surface area contributed by atoms with Crippen LogP contribution in [-0.2, 0) is 15.6 Å². The van der Waals surface area contributed by atoms with Crippen LogP contribution in [0.15, 0.2) is 83.9 Å². The Hall–Kier alpha value is -1.96. The molecule has 0 N–H and O–H groups in total. The Morgan fingerprint density at radius 1 is 0.591 bits per heavy atom. The summed E-state index contributed by atoms with van der Waals surface area (Å²) in [6, 6.07) is 27.5. The Bertz CT molecular complexity index is 1690. The van der Waals surface area contributed by atoms with E-state index in [0.29, 0.717) is 0 Å². The van der Waals surface area contributed by atoms with Crippen LogP contribution in [0.5, 0.6) is 0 Å². The van der Waals surface area contributed by atoms with Crippen LogP contribution in [0.2, 0.25) is 13.1 Å². The van der Waals surface area contributed by atoms with E-state index in [4.69, 9.17) is 17.0 Å². The molecule has 2 aliphatic rings. The van der Waals surface area contributed by atoms with Crippen molar-refractivity contribution in [3.8, 4) is 22.3 Å². The summed E-state index contributed by atoms with van der Waals surface area (Å²) in [7, 11) is 17.2. The Morgan fingerprint density at radius 2 is 0.955 bits per heavy atom. The molecule has 0 bridgehead atoms. The van der Waals surface area contributed by atoms with Crippen LogP contribution in [-0.4, -0.2) is 5.92 Å². The number of benzene rings is 4. The van der Waals surface area contributed by atoms with E-state index in [-0.39, 0.29) is 7.25 Å². The van der Waals surface area contributed by atoms with Gasteiger partial charge in [-0.1, -0.05) is 0 Å². The molecule has 2 aliphatic carbocycles. The monoisotopic (exact) mass is 713 g/mol. The third kappa shape index (κ3) is 5.04. The summed E-state index contributed by atoms with van der Waals surface area (Å²) in [4.78, 5) is 0. The van der Waals surface area contributed by atoms with Gasteiger partial charge in [0.05, 0.1) is 0 Å². The van der Waals surface area contributed by atoms with Gasteiger partial charge >= 0.3 is 276 Å². The van der Waals surface area contributed by atoms with E-state index in [1.807, 2.05) is 0 Å². The van der Waals surface area contributed by atoms with Gasteiger partial charge in [0.15, 0.2) is 0 Å². The van der Waals surface area contributed by atoms with Crippen molar-refractivity contribution < 1.29 is 15.6 Å². The maximum absolute atomic E-state index is 8.60. The molecule has 0 radical (unpaired) electrons. The second-order valence-electron chi connectivity index (χ2n) is 13.8. The fourth-order valence-corrected chi connectivity index (χ4v) is 40.2. The van der Waals surface area contributed by atoms with E-state index in [2.05, 4.69) is 140 Å². The molecular weight excluding hydrogens is 671 g/mol. The van der Waals surface area contributed by atoms with Crippen molar-refractivity contribution in [2.24, 2.45) is 0 Å². The molecule has 0 aromatic heterocycles. The third-order valence-corrected chi connectivity index (χ3v) is 62.2. The summed E-state index contributed by atoms with van der Waals surface area (Å²) in [6.45, 7) is 18.3. The van der Waals surface area contributed by atoms with Gasteiger partial charge in [0.2, 0.25) is 0 Å². The molecule has 44 heavy (non-hydrogen) atoms. The summed E-state index contributed by atoms with van der Waals surface area (Å²) in [5, 5.41) is 0. The van der Waals surface area contributed by atoms with Gasteiger partial charge in [-0.25, -0.2) is 0 Å². The van der Waals surface area contributed by atoms with Crippen molar-refractivity contribution in [3.63, 3.8) is 0 Å². The molecule has 0 saturated carbocycles. The number of fused-ring (bicyclic) bond motifs is 2. The van der Waals surface area contributed by atoms with E-state index < -0.39 is 21.5 Å². The molecule has 2 unspecified atom stereocenters. The Kier molecular flexibility index (Phi) is 8.50. The van der Waals surface area contributed by atoms with Gasteiger partial charge < -0.3 is 0 Å². The van der Waals surface area contributed by atoms with Crippen LogP contribution in [0.3, 0.4) is 0 Å². The molecule has 4 heteroatoms. The second-order valence-corrected chi connectivity index (χ2v) is 56.3. The predicted octanol–water partition coefficient (Wildman–Crippen LogP) is 12.6. The van der Waals surface area contributed by atoms with Crippen molar-refractivity contribution in [2.75, 3.05) is 0 Å². The average Bonchev–Trinajstić information content (AvgIpc) is 3.55. The minimum absolute atomic E-state index is 0.119. The van der Waals surface area contributed by atoms with Crippen LogP contribution in [0.4, 0.5) is 0 Å². The number of hydrogen-bond donors (Lipinski definition) is 0. The SMILES string of the molecule is CCC1=Cc2c(-c3cc(C)cc(C)c3)cccc2[CH]1[Zr]([Cl])([Cl])([CH]1C(CC)=Cc2c(-c3cc(C)cc(C)c3)cccc21)[SiH](C)C. The number of aryl methyl sites for hydroxylation is 4. The number of rotatable bonds is 7. The first-order valence-electron chi connectivity index (χ1n) is 16.3. The fraction of sp³-hybridized carbons (Fsp3) is 0.300. The Labute approximate surface area is 274 Å². The first kappa shape index (κ1) is 32.0. The molecule has 0 amide bonds. The molecule has 4 aromatic rings. The zero-order valence-corrected chi connectivity index (χ0v) is 32.6. The zero-order chi connectivity index (χ0) is 31.6. The average molecular weight is 716 g/mol. The number of hydrogen-bond acceptors (Lipinski definition) is 0. The number of allylic oxidation sites excluding steroid dienone is 2. The number of halogens is 2. The Balaban J connectivity index is 1.59. The molecular formula is C40H45Cl2SiZr. The van der Waals surface area contributed by atoms with E-state index in [1.54, 1.807) is 0 Å². The van der Waals surface area contributed by atoms with Crippen LogP contribution < -0.4 is 0 Å². The summed E-state index contributed by atoms with van der Waals surface area (Å²) in [6.07, 6.45) is 6.87. The van der Waals surface area contributed by atoms with Crippen molar-refractivity contribution in [1.82, 2.24) is 0 Å². The molecule has 0 aliphatic heterocycles. The fourth-order valence-electron chi connectivity index (χ4n) is 8.44. The molecule has 0 spiro atoms. The van der Waals surface area contributed by atoms with E-state index in [1.165, 1.54) is 77.9 Å². The van der Waals surface area contributed by atoms with Crippen LogP contribution in [0, 0.1) is 27.7 Å². The van der Waals surface area contributed by atoms with Gasteiger partial charge in [-0.2, -0.15) is 0 Å². The third-order valence-electron chi connectivity index (χ3n) is 10.4. The van der Waals surface area contributed by atoms with Crippen LogP contribution >= 0.6 is 17.0 Å². The van der Waals surface area contributed by atoms with Crippen LogP contribution in [0.1, 0.15) is 78.4 Å². The normalized spacial score (nSPS) is 18.5. The first-order chi connectivity index (χ1) is 20.9. The summed E-state index contributed by atoms with van der Waals surface area (Å²) >= 11 is -4.76. The van der Waals surface area contributed by atoms with Gasteiger partial charge in [0.1, 0.15) is 0 Å². The van der Waals surface area contributed by atoms with Crippen molar-refractivity contribution in [1.29, 1.82) is 0 Å². The summed E-state index contributed by atoms with van der Waals surface area (Å²) < 4.78 is 0.237. The zero-order valence-electron chi connectivity index (χ0n) is 27.5. The molecule has 0 saturated heterocycles. The molecule has 0 nitrogen and oxygen atoms in total. The quantitative estimate of drug-likeness (QED) is 0.167. The van der Waals surface area contributed by atoms with Gasteiger partial charge in [0.25, 0.3) is 0 Å². The van der Waals surface area contributed by atoms with Gasteiger partial charge in [0, 0.05) is 0 Å². The topological polar surface area (TPSA) is 0 Å². The maximum atomic E-state index is 8.60. The molecule has 0 heterocycles. The van der Waals surface area contributed by atoms with Crippen LogP contribution in [0.25, 0.3) is 34.4 Å². The first-order valence-corrected chi connectivity index (χ1v) is 32.6. The summed E-state index contributed by atoms with van der Waals surface area (Å²) in [5.74, 6) is -1.60. The second kappa shape index (κ2) is 11.7. The predicted molar refractivity (Wildman–Crippen MR) is 195 cm³/mol. The van der Waals surface area contributed by atoms with Gasteiger partial charge in [-0.05, 0) is 0 Å². The summed E-state index contributed by atoms with van der Waals surface area (Å²) in [5.41, 5.74) is 18.6. The van der Waals surface area contributed by atoms with E-state index in [0.717, 1.165) is 12.8 Å². The standard InChI is InChI=1S/2C19H19.C2H7Si.2ClH.Zr/c2*1-4-15-11-16-6-5-7-18(19(16)12-15)17-9-13(2)8-14(3)10-17;1-3-2;;;/h2*5-12H,4H2,1-3H3;3H,1-2H3;2*1H;/q;;;;;+2/p-2. The Morgan fingerprint density at radius 3 is 1.27 bits per heavy atom. The van der Waals surface area contributed by atoms with E-state index in [9.17, 15) is 0 Å². The van der Waals surface area contributed by atoms with Gasteiger partial charge in [-0.15, -0.1) is 0 Å². The molecule has 2 atom stereocenters. The van der Waals surface area contributed by atoms with Crippen molar-refractivity contribution >= 4 is 35.1 Å². The minimum atomic E-state index is -4.76. The van der Waals surface area contributed by atoms with Gasteiger partial charge in [-0.3, -0.25) is 0 Å². The van der Waals surface area contributed by atoms with E-state index >= 15 is 0 Å².